The van der Waals surface area contributed by atoms with Crippen molar-refractivity contribution in [1.29, 1.82) is 0 Å². The molecule has 100 valence electrons. The molecule has 2 aromatic rings. The van der Waals surface area contributed by atoms with Gasteiger partial charge in [0.2, 0.25) is 5.76 Å². The Labute approximate surface area is 113 Å². The van der Waals surface area contributed by atoms with E-state index in [1.165, 1.54) is 0 Å². The molecule has 0 N–H and O–H groups in total. The summed E-state index contributed by atoms with van der Waals surface area (Å²) in [5.41, 5.74) is 1.87. The van der Waals surface area contributed by atoms with Crippen molar-refractivity contribution in [2.45, 2.75) is 33.4 Å². The predicted octanol–water partition coefficient (Wildman–Crippen LogP) is 3.03. The van der Waals surface area contributed by atoms with Crippen molar-refractivity contribution in [3.8, 4) is 0 Å². The number of nitrogens with zero attached hydrogens (tertiary/aromatic N) is 2. The number of benzene rings is 1. The van der Waals surface area contributed by atoms with Crippen molar-refractivity contribution >= 4 is 5.91 Å². The van der Waals surface area contributed by atoms with Gasteiger partial charge in [-0.15, -0.1) is 0 Å². The second-order valence-electron chi connectivity index (χ2n) is 4.85. The summed E-state index contributed by atoms with van der Waals surface area (Å²) in [7, 11) is 0. The summed E-state index contributed by atoms with van der Waals surface area (Å²) < 4.78 is 5.05. The van der Waals surface area contributed by atoms with Crippen LogP contribution in [0, 0.1) is 6.92 Å². The number of rotatable bonds is 4. The zero-order valence-electron chi connectivity index (χ0n) is 11.5. The van der Waals surface area contributed by atoms with Gasteiger partial charge in [0.05, 0.1) is 6.20 Å². The Balaban J connectivity index is 2.22. The lowest BCUT2D eigenvalue weighted by molar-refractivity contribution is 0.0646. The first kappa shape index (κ1) is 13.3. The Hall–Kier alpha value is -2.10. The molecule has 0 spiro atoms. The molecule has 2 rings (SSSR count). The van der Waals surface area contributed by atoms with Gasteiger partial charge in [-0.1, -0.05) is 35.5 Å². The SMILES string of the molecule is Cc1cnoc1C(=O)N(Cc1ccccc1)C(C)C. The van der Waals surface area contributed by atoms with E-state index in [9.17, 15) is 4.79 Å². The second-order valence-corrected chi connectivity index (χ2v) is 4.85. The first-order valence-corrected chi connectivity index (χ1v) is 6.35. The van der Waals surface area contributed by atoms with Gasteiger partial charge in [-0.2, -0.15) is 0 Å². The third-order valence-corrected chi connectivity index (χ3v) is 3.02. The molecular weight excluding hydrogens is 240 g/mol. The van der Waals surface area contributed by atoms with Gasteiger partial charge in [0.1, 0.15) is 0 Å². The maximum Gasteiger partial charge on any atom is 0.293 e. The van der Waals surface area contributed by atoms with Crippen LogP contribution in [0.4, 0.5) is 0 Å². The zero-order chi connectivity index (χ0) is 13.8. The Kier molecular flexibility index (Phi) is 4.00. The molecule has 0 saturated heterocycles. The van der Waals surface area contributed by atoms with Crippen molar-refractivity contribution < 1.29 is 9.32 Å². The van der Waals surface area contributed by atoms with Gasteiger partial charge in [0.15, 0.2) is 0 Å². The summed E-state index contributed by atoms with van der Waals surface area (Å²) in [5, 5.41) is 3.67. The zero-order valence-corrected chi connectivity index (χ0v) is 11.5. The van der Waals surface area contributed by atoms with Crippen molar-refractivity contribution in [2.75, 3.05) is 0 Å². The lowest BCUT2D eigenvalue weighted by atomic mass is 10.1. The van der Waals surface area contributed by atoms with Crippen molar-refractivity contribution in [1.82, 2.24) is 10.1 Å². The molecule has 19 heavy (non-hydrogen) atoms. The molecule has 0 atom stereocenters. The van der Waals surface area contributed by atoms with Gasteiger partial charge in [0, 0.05) is 18.2 Å². The maximum absolute atomic E-state index is 12.5. The van der Waals surface area contributed by atoms with Gasteiger partial charge < -0.3 is 9.42 Å². The van der Waals surface area contributed by atoms with Crippen molar-refractivity contribution in [3.05, 3.63) is 53.4 Å². The van der Waals surface area contributed by atoms with E-state index >= 15 is 0 Å². The Bertz CT molecular complexity index is 546. The lowest BCUT2D eigenvalue weighted by Crippen LogP contribution is -2.36. The molecule has 1 amide bonds. The van der Waals surface area contributed by atoms with Gasteiger partial charge in [0.25, 0.3) is 5.91 Å². The van der Waals surface area contributed by atoms with Gasteiger partial charge in [-0.3, -0.25) is 4.79 Å². The van der Waals surface area contributed by atoms with E-state index in [0.717, 1.165) is 11.1 Å². The minimum absolute atomic E-state index is 0.0946. The van der Waals surface area contributed by atoms with E-state index in [1.54, 1.807) is 11.1 Å². The number of aromatic nitrogens is 1. The summed E-state index contributed by atoms with van der Waals surface area (Å²) in [6, 6.07) is 10.0. The first-order chi connectivity index (χ1) is 9.09. The summed E-state index contributed by atoms with van der Waals surface area (Å²) in [6.07, 6.45) is 1.56. The van der Waals surface area contributed by atoms with Crippen LogP contribution < -0.4 is 0 Å². The standard InChI is InChI=1S/C15H18N2O2/c1-11(2)17(10-13-7-5-4-6-8-13)15(18)14-12(3)9-16-19-14/h4-9,11H,10H2,1-3H3. The molecule has 0 aliphatic heterocycles. The van der Waals surface area contributed by atoms with E-state index in [-0.39, 0.29) is 11.9 Å². The average Bonchev–Trinajstić information content (AvgIpc) is 2.82. The molecule has 0 unspecified atom stereocenters. The number of aryl methyl sites for hydroxylation is 1. The molecule has 1 aromatic carbocycles. The van der Waals surface area contributed by atoms with Crippen LogP contribution in [0.5, 0.6) is 0 Å². The molecule has 0 bridgehead atoms. The van der Waals surface area contributed by atoms with Crippen LogP contribution in [0.25, 0.3) is 0 Å². The molecule has 1 aromatic heterocycles. The Morgan fingerprint density at radius 2 is 2.00 bits per heavy atom. The van der Waals surface area contributed by atoms with Crippen LogP contribution in [0.15, 0.2) is 41.1 Å². The van der Waals surface area contributed by atoms with Gasteiger partial charge in [-0.25, -0.2) is 0 Å². The molecule has 1 heterocycles. The van der Waals surface area contributed by atoms with Crippen molar-refractivity contribution in [2.24, 2.45) is 0 Å². The minimum Gasteiger partial charge on any atom is -0.351 e. The van der Waals surface area contributed by atoms with Gasteiger partial charge >= 0.3 is 0 Å². The summed E-state index contributed by atoms with van der Waals surface area (Å²) in [4.78, 5) is 14.2. The number of amides is 1. The highest BCUT2D eigenvalue weighted by Crippen LogP contribution is 2.15. The molecule has 0 aliphatic carbocycles. The van der Waals surface area contributed by atoms with E-state index < -0.39 is 0 Å². The molecule has 4 nitrogen and oxygen atoms in total. The van der Waals surface area contributed by atoms with Crippen LogP contribution in [0.2, 0.25) is 0 Å². The van der Waals surface area contributed by atoms with E-state index in [2.05, 4.69) is 5.16 Å². The van der Waals surface area contributed by atoms with E-state index in [4.69, 9.17) is 4.52 Å². The molecule has 0 radical (unpaired) electrons. The van der Waals surface area contributed by atoms with Crippen LogP contribution in [-0.2, 0) is 6.54 Å². The number of hydrogen-bond acceptors (Lipinski definition) is 3. The van der Waals surface area contributed by atoms with Crippen LogP contribution in [0.1, 0.15) is 35.5 Å². The molecule has 0 saturated carbocycles. The molecular formula is C15H18N2O2. The number of carbonyl (C=O) groups excluding carboxylic acids is 1. The smallest absolute Gasteiger partial charge is 0.293 e. The third kappa shape index (κ3) is 3.02. The largest absolute Gasteiger partial charge is 0.351 e. The number of carbonyl (C=O) groups is 1. The molecule has 0 fully saturated rings. The maximum atomic E-state index is 12.5. The van der Waals surface area contributed by atoms with Crippen LogP contribution in [0.3, 0.4) is 0 Å². The summed E-state index contributed by atoms with van der Waals surface area (Å²) in [6.45, 7) is 6.38. The summed E-state index contributed by atoms with van der Waals surface area (Å²) in [5.74, 6) is 0.207. The third-order valence-electron chi connectivity index (χ3n) is 3.02. The van der Waals surface area contributed by atoms with Crippen molar-refractivity contribution in [3.63, 3.8) is 0 Å². The minimum atomic E-state index is -0.117. The highest BCUT2D eigenvalue weighted by atomic mass is 16.5. The monoisotopic (exact) mass is 258 g/mol. The number of hydrogen-bond donors (Lipinski definition) is 0. The topological polar surface area (TPSA) is 46.3 Å². The molecule has 4 heteroatoms. The van der Waals surface area contributed by atoms with E-state index in [1.807, 2.05) is 51.1 Å². The fraction of sp³-hybridized carbons (Fsp3) is 0.333. The average molecular weight is 258 g/mol. The first-order valence-electron chi connectivity index (χ1n) is 6.35. The Morgan fingerprint density at radius 3 is 2.53 bits per heavy atom. The lowest BCUT2D eigenvalue weighted by Gasteiger charge is -2.26. The highest BCUT2D eigenvalue weighted by molar-refractivity contribution is 5.92. The highest BCUT2D eigenvalue weighted by Gasteiger charge is 2.23. The van der Waals surface area contributed by atoms with E-state index in [0.29, 0.717) is 12.3 Å². The second kappa shape index (κ2) is 5.69. The summed E-state index contributed by atoms with van der Waals surface area (Å²) >= 11 is 0. The fourth-order valence-corrected chi connectivity index (χ4v) is 1.90. The predicted molar refractivity (Wildman–Crippen MR) is 72.7 cm³/mol. The molecule has 0 aliphatic rings. The van der Waals surface area contributed by atoms with Crippen LogP contribution in [-0.4, -0.2) is 22.0 Å². The quantitative estimate of drug-likeness (QED) is 0.846. The Morgan fingerprint density at radius 1 is 1.32 bits per heavy atom. The van der Waals surface area contributed by atoms with Gasteiger partial charge in [-0.05, 0) is 26.3 Å². The normalized spacial score (nSPS) is 10.7. The van der Waals surface area contributed by atoms with Crippen LogP contribution >= 0.6 is 0 Å². The fourth-order valence-electron chi connectivity index (χ4n) is 1.90.